The summed E-state index contributed by atoms with van der Waals surface area (Å²) in [4.78, 5) is 0. The van der Waals surface area contributed by atoms with E-state index in [9.17, 15) is 0 Å². The highest BCUT2D eigenvalue weighted by molar-refractivity contribution is 6.20. The lowest BCUT2D eigenvalue weighted by Crippen LogP contribution is -2.19. The molecule has 0 aromatic heterocycles. The van der Waals surface area contributed by atoms with Crippen LogP contribution in [0.1, 0.15) is 5.56 Å². The number of halogens is 1. The lowest BCUT2D eigenvalue weighted by atomic mass is 10.2. The zero-order valence-corrected chi connectivity index (χ0v) is 8.20. The maximum Gasteiger partial charge on any atom is 0.0717 e. The number of alkyl halides is 1. The minimum absolute atomic E-state index is 0.0799. The number of benzene rings is 1. The Balaban J connectivity index is 2.20. The number of nitrogens with two attached hydrogens (primary N) is 1. The van der Waals surface area contributed by atoms with Gasteiger partial charge in [0.1, 0.15) is 0 Å². The van der Waals surface area contributed by atoms with Crippen LogP contribution in [0.5, 0.6) is 0 Å². The molecule has 0 saturated heterocycles. The third-order valence-corrected chi connectivity index (χ3v) is 1.97. The second kappa shape index (κ2) is 5.97. The lowest BCUT2D eigenvalue weighted by Gasteiger charge is -2.07. The summed E-state index contributed by atoms with van der Waals surface area (Å²) >= 11 is 5.78. The van der Waals surface area contributed by atoms with Crippen LogP contribution in [0, 0.1) is 0 Å². The van der Waals surface area contributed by atoms with Gasteiger partial charge in [0, 0.05) is 6.54 Å². The molecule has 2 N–H and O–H groups in total. The topological polar surface area (TPSA) is 35.2 Å². The highest BCUT2D eigenvalue weighted by Crippen LogP contribution is 2.02. The molecule has 0 aliphatic rings. The summed E-state index contributed by atoms with van der Waals surface area (Å²) in [5.41, 5.74) is 6.50. The van der Waals surface area contributed by atoms with Crippen LogP contribution < -0.4 is 5.73 Å². The number of hydrogen-bond donors (Lipinski definition) is 1. The fourth-order valence-electron chi connectivity index (χ4n) is 0.947. The van der Waals surface area contributed by atoms with Crippen molar-refractivity contribution in [3.05, 3.63) is 35.9 Å². The molecular formula is C10H14ClNO. The summed E-state index contributed by atoms with van der Waals surface area (Å²) in [6.07, 6.45) is 0. The van der Waals surface area contributed by atoms with E-state index in [1.54, 1.807) is 0 Å². The molecule has 2 nitrogen and oxygen atoms in total. The summed E-state index contributed by atoms with van der Waals surface area (Å²) in [5.74, 6) is 0. The fraction of sp³-hybridized carbons (Fsp3) is 0.400. The minimum atomic E-state index is -0.0799. The average molecular weight is 200 g/mol. The Bertz CT molecular complexity index is 228. The molecule has 0 fully saturated rings. The van der Waals surface area contributed by atoms with Gasteiger partial charge in [0.15, 0.2) is 0 Å². The molecule has 0 heterocycles. The standard InChI is InChI=1S/C10H14ClNO/c11-10(6-12)8-13-7-9-4-2-1-3-5-9/h1-5,10H,6-8,12H2/t10-/m0/s1. The van der Waals surface area contributed by atoms with Gasteiger partial charge < -0.3 is 10.5 Å². The van der Waals surface area contributed by atoms with Crippen LogP contribution in [0.15, 0.2) is 30.3 Å². The van der Waals surface area contributed by atoms with Gasteiger partial charge in [-0.1, -0.05) is 30.3 Å². The number of hydrogen-bond acceptors (Lipinski definition) is 2. The second-order valence-corrected chi connectivity index (χ2v) is 3.45. The Labute approximate surface area is 83.6 Å². The number of ether oxygens (including phenoxy) is 1. The van der Waals surface area contributed by atoms with Gasteiger partial charge in [-0.25, -0.2) is 0 Å². The molecule has 1 atom stereocenters. The summed E-state index contributed by atoms with van der Waals surface area (Å²) in [6.45, 7) is 1.56. The molecule has 0 unspecified atom stereocenters. The Morgan fingerprint density at radius 2 is 2.00 bits per heavy atom. The molecule has 0 aliphatic heterocycles. The van der Waals surface area contributed by atoms with E-state index in [1.807, 2.05) is 30.3 Å². The van der Waals surface area contributed by atoms with Crippen molar-refractivity contribution in [1.82, 2.24) is 0 Å². The number of rotatable bonds is 5. The summed E-state index contributed by atoms with van der Waals surface area (Å²) in [5, 5.41) is -0.0799. The van der Waals surface area contributed by atoms with Gasteiger partial charge in [-0.3, -0.25) is 0 Å². The minimum Gasteiger partial charge on any atom is -0.375 e. The van der Waals surface area contributed by atoms with Gasteiger partial charge in [-0.2, -0.15) is 0 Å². The Morgan fingerprint density at radius 3 is 2.62 bits per heavy atom. The molecule has 1 aromatic rings. The van der Waals surface area contributed by atoms with E-state index in [0.717, 1.165) is 5.56 Å². The van der Waals surface area contributed by atoms with E-state index in [1.165, 1.54) is 0 Å². The SMILES string of the molecule is NC[C@H](Cl)COCc1ccccc1. The van der Waals surface area contributed by atoms with Crippen LogP contribution in [-0.2, 0) is 11.3 Å². The predicted octanol–water partition coefficient (Wildman–Crippen LogP) is 1.77. The van der Waals surface area contributed by atoms with Gasteiger partial charge in [0.05, 0.1) is 18.6 Å². The average Bonchev–Trinajstić information content (AvgIpc) is 2.19. The Morgan fingerprint density at radius 1 is 1.31 bits per heavy atom. The van der Waals surface area contributed by atoms with E-state index < -0.39 is 0 Å². The molecule has 0 radical (unpaired) electrons. The zero-order chi connectivity index (χ0) is 9.52. The molecule has 1 aromatic carbocycles. The quantitative estimate of drug-likeness (QED) is 0.734. The third kappa shape index (κ3) is 4.27. The second-order valence-electron chi connectivity index (χ2n) is 2.83. The van der Waals surface area contributed by atoms with Crippen LogP contribution in [-0.4, -0.2) is 18.5 Å². The molecule has 13 heavy (non-hydrogen) atoms. The Kier molecular flexibility index (Phi) is 4.83. The van der Waals surface area contributed by atoms with E-state index >= 15 is 0 Å². The van der Waals surface area contributed by atoms with Gasteiger partial charge in [0.25, 0.3) is 0 Å². The monoisotopic (exact) mass is 199 g/mol. The van der Waals surface area contributed by atoms with Crippen LogP contribution in [0.25, 0.3) is 0 Å². The van der Waals surface area contributed by atoms with Crippen molar-refractivity contribution in [1.29, 1.82) is 0 Å². The first kappa shape index (κ1) is 10.5. The highest BCUT2D eigenvalue weighted by atomic mass is 35.5. The van der Waals surface area contributed by atoms with Crippen molar-refractivity contribution in [3.63, 3.8) is 0 Å². The molecule has 72 valence electrons. The van der Waals surface area contributed by atoms with Crippen LogP contribution in [0.4, 0.5) is 0 Å². The van der Waals surface area contributed by atoms with Crippen molar-refractivity contribution >= 4 is 11.6 Å². The molecule has 0 aliphatic carbocycles. The van der Waals surface area contributed by atoms with Gasteiger partial charge in [0.2, 0.25) is 0 Å². The maximum atomic E-state index is 5.78. The van der Waals surface area contributed by atoms with Crippen LogP contribution in [0.2, 0.25) is 0 Å². The largest absolute Gasteiger partial charge is 0.375 e. The molecule has 3 heteroatoms. The first-order valence-corrected chi connectivity index (χ1v) is 4.72. The first-order chi connectivity index (χ1) is 6.33. The predicted molar refractivity (Wildman–Crippen MR) is 54.8 cm³/mol. The van der Waals surface area contributed by atoms with Crippen molar-refractivity contribution in [2.45, 2.75) is 12.0 Å². The first-order valence-electron chi connectivity index (χ1n) is 4.28. The smallest absolute Gasteiger partial charge is 0.0717 e. The normalized spacial score (nSPS) is 12.8. The molecule has 0 bridgehead atoms. The molecule has 0 saturated carbocycles. The maximum absolute atomic E-state index is 5.78. The van der Waals surface area contributed by atoms with Gasteiger partial charge >= 0.3 is 0 Å². The van der Waals surface area contributed by atoms with Crippen LogP contribution >= 0.6 is 11.6 Å². The lowest BCUT2D eigenvalue weighted by molar-refractivity contribution is 0.122. The van der Waals surface area contributed by atoms with E-state index in [-0.39, 0.29) is 5.38 Å². The zero-order valence-electron chi connectivity index (χ0n) is 7.45. The molecular weight excluding hydrogens is 186 g/mol. The van der Waals surface area contributed by atoms with Gasteiger partial charge in [-0.15, -0.1) is 11.6 Å². The third-order valence-electron chi connectivity index (χ3n) is 1.67. The van der Waals surface area contributed by atoms with Crippen molar-refractivity contribution in [2.75, 3.05) is 13.2 Å². The van der Waals surface area contributed by atoms with Crippen molar-refractivity contribution in [2.24, 2.45) is 5.73 Å². The van der Waals surface area contributed by atoms with Gasteiger partial charge in [-0.05, 0) is 5.56 Å². The van der Waals surface area contributed by atoms with E-state index in [0.29, 0.717) is 19.8 Å². The highest BCUT2D eigenvalue weighted by Gasteiger charge is 2.00. The van der Waals surface area contributed by atoms with Crippen LogP contribution in [0.3, 0.4) is 0 Å². The molecule has 0 spiro atoms. The summed E-state index contributed by atoms with van der Waals surface area (Å²) < 4.78 is 5.36. The fourth-order valence-corrected chi connectivity index (χ4v) is 1.04. The molecule has 0 amide bonds. The van der Waals surface area contributed by atoms with E-state index in [2.05, 4.69) is 0 Å². The summed E-state index contributed by atoms with van der Waals surface area (Å²) in [7, 11) is 0. The van der Waals surface area contributed by atoms with Crippen molar-refractivity contribution in [3.8, 4) is 0 Å². The van der Waals surface area contributed by atoms with E-state index in [4.69, 9.17) is 22.1 Å². The van der Waals surface area contributed by atoms with Crippen molar-refractivity contribution < 1.29 is 4.74 Å². The summed E-state index contributed by atoms with van der Waals surface area (Å²) in [6, 6.07) is 9.99. The Hall–Kier alpha value is -0.570. The molecule has 1 rings (SSSR count).